The van der Waals surface area contributed by atoms with Gasteiger partial charge in [-0.25, -0.2) is 0 Å². The Labute approximate surface area is 95.0 Å². The van der Waals surface area contributed by atoms with Gasteiger partial charge in [-0.05, 0) is 23.8 Å². The molecule has 2 nitrogen and oxygen atoms in total. The van der Waals surface area contributed by atoms with Gasteiger partial charge >= 0.3 is 0 Å². The summed E-state index contributed by atoms with van der Waals surface area (Å²) in [5.74, 6) is 0.215. The number of hydrogen-bond donors (Lipinski definition) is 1. The van der Waals surface area contributed by atoms with E-state index < -0.39 is 0 Å². The Hall–Kier alpha value is -1.83. The average molecular weight is 213 g/mol. The van der Waals surface area contributed by atoms with Crippen molar-refractivity contribution in [2.45, 2.75) is 13.8 Å². The number of carbonyl (C=O) groups is 1. The second kappa shape index (κ2) is 4.35. The summed E-state index contributed by atoms with van der Waals surface area (Å²) in [5.41, 5.74) is 2.16. The van der Waals surface area contributed by atoms with Crippen LogP contribution in [0.2, 0.25) is 0 Å². The van der Waals surface area contributed by atoms with Crippen LogP contribution >= 0.6 is 0 Å². The third-order valence-corrected chi connectivity index (χ3v) is 2.62. The molecular weight excluding hydrogens is 198 g/mol. The number of hydrogen-bond acceptors (Lipinski definition) is 1. The third-order valence-electron chi connectivity index (χ3n) is 2.62. The molecule has 0 fully saturated rings. The number of carbonyl (C=O) groups excluding carboxylic acids is 1. The van der Waals surface area contributed by atoms with Crippen LogP contribution in [0.25, 0.3) is 17.0 Å². The summed E-state index contributed by atoms with van der Waals surface area (Å²) in [7, 11) is 0. The van der Waals surface area contributed by atoms with Crippen LogP contribution in [0.3, 0.4) is 0 Å². The SMILES string of the molecule is CC(C)C(=O)/C=C/c1c[nH]c2ccccc12. The lowest BCUT2D eigenvalue weighted by Gasteiger charge is -1.96. The first-order valence-corrected chi connectivity index (χ1v) is 5.46. The zero-order chi connectivity index (χ0) is 11.5. The van der Waals surface area contributed by atoms with Crippen molar-refractivity contribution in [3.05, 3.63) is 42.1 Å². The van der Waals surface area contributed by atoms with E-state index in [1.54, 1.807) is 6.08 Å². The molecule has 0 saturated heterocycles. The maximum absolute atomic E-state index is 11.5. The van der Waals surface area contributed by atoms with Gasteiger partial charge in [0.1, 0.15) is 0 Å². The van der Waals surface area contributed by atoms with E-state index in [9.17, 15) is 4.79 Å². The second-order valence-corrected chi connectivity index (χ2v) is 4.18. The fourth-order valence-corrected chi connectivity index (χ4v) is 1.60. The molecule has 1 N–H and O–H groups in total. The predicted molar refractivity (Wildman–Crippen MR) is 67.2 cm³/mol. The Bertz CT molecular complexity index is 534. The average Bonchev–Trinajstić information content (AvgIpc) is 2.69. The molecule has 1 aromatic heterocycles. The Morgan fingerprint density at radius 2 is 2.06 bits per heavy atom. The molecule has 1 heterocycles. The fourth-order valence-electron chi connectivity index (χ4n) is 1.60. The minimum Gasteiger partial charge on any atom is -0.361 e. The molecule has 0 bridgehead atoms. The monoisotopic (exact) mass is 213 g/mol. The summed E-state index contributed by atoms with van der Waals surface area (Å²) in [6.45, 7) is 3.81. The highest BCUT2D eigenvalue weighted by Gasteiger charge is 2.03. The standard InChI is InChI=1S/C14H15NO/c1-10(2)14(16)8-7-11-9-15-13-6-4-3-5-12(11)13/h3-10,15H,1-2H3/b8-7+. The normalized spacial score (nSPS) is 11.7. The molecule has 0 amide bonds. The molecule has 16 heavy (non-hydrogen) atoms. The van der Waals surface area contributed by atoms with Crippen LogP contribution in [-0.4, -0.2) is 10.8 Å². The maximum Gasteiger partial charge on any atom is 0.158 e. The molecule has 82 valence electrons. The van der Waals surface area contributed by atoms with E-state index in [1.807, 2.05) is 50.4 Å². The highest BCUT2D eigenvalue weighted by atomic mass is 16.1. The van der Waals surface area contributed by atoms with Crippen LogP contribution in [0.15, 0.2) is 36.5 Å². The Kier molecular flexibility index (Phi) is 2.91. The van der Waals surface area contributed by atoms with Crippen molar-refractivity contribution in [3.8, 4) is 0 Å². The van der Waals surface area contributed by atoms with Gasteiger partial charge in [-0.3, -0.25) is 4.79 Å². The van der Waals surface area contributed by atoms with Gasteiger partial charge in [-0.1, -0.05) is 32.0 Å². The van der Waals surface area contributed by atoms with Gasteiger partial charge in [-0.2, -0.15) is 0 Å². The number of fused-ring (bicyclic) bond motifs is 1. The zero-order valence-corrected chi connectivity index (χ0v) is 9.53. The predicted octanol–water partition coefficient (Wildman–Crippen LogP) is 3.41. The van der Waals surface area contributed by atoms with Crippen molar-refractivity contribution in [2.75, 3.05) is 0 Å². The van der Waals surface area contributed by atoms with Crippen LogP contribution in [0.5, 0.6) is 0 Å². The zero-order valence-electron chi connectivity index (χ0n) is 9.53. The number of para-hydroxylation sites is 1. The molecule has 1 aromatic carbocycles. The lowest BCUT2D eigenvalue weighted by Crippen LogP contribution is -2.01. The van der Waals surface area contributed by atoms with Gasteiger partial charge in [0.2, 0.25) is 0 Å². The number of H-pyrrole nitrogens is 1. The highest BCUT2D eigenvalue weighted by molar-refractivity contribution is 5.98. The molecule has 0 aliphatic heterocycles. The molecule has 0 aliphatic rings. The summed E-state index contributed by atoms with van der Waals surface area (Å²) >= 11 is 0. The van der Waals surface area contributed by atoms with E-state index in [1.165, 1.54) is 0 Å². The molecule has 0 unspecified atom stereocenters. The van der Waals surface area contributed by atoms with Crippen LogP contribution in [0, 0.1) is 5.92 Å². The quantitative estimate of drug-likeness (QED) is 0.779. The number of ketones is 1. The van der Waals surface area contributed by atoms with Gasteiger partial charge in [0.15, 0.2) is 5.78 Å². The van der Waals surface area contributed by atoms with E-state index in [4.69, 9.17) is 0 Å². The van der Waals surface area contributed by atoms with Crippen LogP contribution < -0.4 is 0 Å². The first-order valence-electron chi connectivity index (χ1n) is 5.46. The number of nitrogens with one attached hydrogen (secondary N) is 1. The molecule has 0 saturated carbocycles. The number of benzene rings is 1. The number of allylic oxidation sites excluding steroid dienone is 1. The maximum atomic E-state index is 11.5. The molecule has 2 aromatic rings. The van der Waals surface area contributed by atoms with Gasteiger partial charge < -0.3 is 4.98 Å². The Morgan fingerprint density at radius 1 is 1.31 bits per heavy atom. The van der Waals surface area contributed by atoms with E-state index in [-0.39, 0.29) is 11.7 Å². The molecule has 0 atom stereocenters. The second-order valence-electron chi connectivity index (χ2n) is 4.18. The molecule has 0 radical (unpaired) electrons. The molecule has 0 spiro atoms. The first-order chi connectivity index (χ1) is 7.68. The van der Waals surface area contributed by atoms with E-state index >= 15 is 0 Å². The van der Waals surface area contributed by atoms with E-state index in [2.05, 4.69) is 4.98 Å². The van der Waals surface area contributed by atoms with E-state index in [0.29, 0.717) is 0 Å². The lowest BCUT2D eigenvalue weighted by molar-refractivity contribution is -0.117. The van der Waals surface area contributed by atoms with Gasteiger partial charge in [0, 0.05) is 23.0 Å². The Balaban J connectivity index is 2.31. The fraction of sp³-hybridized carbons (Fsp3) is 0.214. The van der Waals surface area contributed by atoms with Crippen LogP contribution in [0.1, 0.15) is 19.4 Å². The van der Waals surface area contributed by atoms with Crippen molar-refractivity contribution in [3.63, 3.8) is 0 Å². The minimum atomic E-state index is 0.0569. The van der Waals surface area contributed by atoms with Crippen LogP contribution in [-0.2, 0) is 4.79 Å². The summed E-state index contributed by atoms with van der Waals surface area (Å²) < 4.78 is 0. The molecule has 0 aliphatic carbocycles. The van der Waals surface area contributed by atoms with Crippen molar-refractivity contribution in [2.24, 2.45) is 5.92 Å². The third kappa shape index (κ3) is 2.06. The summed E-state index contributed by atoms with van der Waals surface area (Å²) in [6, 6.07) is 8.06. The Morgan fingerprint density at radius 3 is 2.81 bits per heavy atom. The molecule has 2 rings (SSSR count). The summed E-state index contributed by atoms with van der Waals surface area (Å²) in [6.07, 6.45) is 5.45. The smallest absolute Gasteiger partial charge is 0.158 e. The molecule has 2 heteroatoms. The summed E-state index contributed by atoms with van der Waals surface area (Å²) in [4.78, 5) is 14.7. The highest BCUT2D eigenvalue weighted by Crippen LogP contribution is 2.18. The van der Waals surface area contributed by atoms with Crippen LogP contribution in [0.4, 0.5) is 0 Å². The number of rotatable bonds is 3. The lowest BCUT2D eigenvalue weighted by atomic mass is 10.1. The summed E-state index contributed by atoms with van der Waals surface area (Å²) in [5, 5.41) is 1.15. The van der Waals surface area contributed by atoms with E-state index in [0.717, 1.165) is 16.5 Å². The van der Waals surface area contributed by atoms with Crippen molar-refractivity contribution >= 4 is 22.8 Å². The van der Waals surface area contributed by atoms with Gasteiger partial charge in [0.05, 0.1) is 0 Å². The minimum absolute atomic E-state index is 0.0569. The topological polar surface area (TPSA) is 32.9 Å². The van der Waals surface area contributed by atoms with Gasteiger partial charge in [-0.15, -0.1) is 0 Å². The van der Waals surface area contributed by atoms with Gasteiger partial charge in [0.25, 0.3) is 0 Å². The van der Waals surface area contributed by atoms with Crippen molar-refractivity contribution in [1.82, 2.24) is 4.98 Å². The van der Waals surface area contributed by atoms with Crippen molar-refractivity contribution in [1.29, 1.82) is 0 Å². The number of aromatic nitrogens is 1. The number of aromatic amines is 1. The first kappa shape index (κ1) is 10.7. The largest absolute Gasteiger partial charge is 0.361 e. The molecular formula is C14H15NO. The van der Waals surface area contributed by atoms with Crippen molar-refractivity contribution < 1.29 is 4.79 Å².